The number of nitrogens with zero attached hydrogens (tertiary/aromatic N) is 1. The molecule has 0 unspecified atom stereocenters. The second-order valence-electron chi connectivity index (χ2n) is 5.16. The van der Waals surface area contributed by atoms with Gasteiger partial charge in [0.1, 0.15) is 5.75 Å². The van der Waals surface area contributed by atoms with Gasteiger partial charge in [-0.3, -0.25) is 4.79 Å². The monoisotopic (exact) mass is 284 g/mol. The van der Waals surface area contributed by atoms with Crippen LogP contribution in [0.4, 0.5) is 11.4 Å². The minimum absolute atomic E-state index is 0.00374. The van der Waals surface area contributed by atoms with Gasteiger partial charge in [-0.15, -0.1) is 0 Å². The summed E-state index contributed by atoms with van der Waals surface area (Å²) in [6.07, 6.45) is 0. The molecule has 21 heavy (non-hydrogen) atoms. The quantitative estimate of drug-likeness (QED) is 0.878. The van der Waals surface area contributed by atoms with Gasteiger partial charge in [0.25, 0.3) is 5.91 Å². The zero-order valence-corrected chi connectivity index (χ0v) is 12.6. The number of rotatable bonds is 4. The van der Waals surface area contributed by atoms with Crippen molar-refractivity contribution in [2.24, 2.45) is 0 Å². The second kappa shape index (κ2) is 6.31. The average Bonchev–Trinajstić information content (AvgIpc) is 2.44. The molecule has 2 N–H and O–H groups in total. The Kier molecular flexibility index (Phi) is 4.48. The van der Waals surface area contributed by atoms with Crippen LogP contribution in [-0.4, -0.2) is 19.6 Å². The molecule has 0 aromatic heterocycles. The fraction of sp³-hybridized carbons (Fsp3) is 0.235. The van der Waals surface area contributed by atoms with E-state index >= 15 is 0 Å². The highest BCUT2D eigenvalue weighted by Gasteiger charge is 2.11. The van der Waals surface area contributed by atoms with E-state index in [4.69, 9.17) is 10.5 Å². The summed E-state index contributed by atoms with van der Waals surface area (Å²) in [5, 5.41) is 0. The Morgan fingerprint density at radius 3 is 2.24 bits per heavy atom. The van der Waals surface area contributed by atoms with Crippen LogP contribution < -0.4 is 15.4 Å². The third-order valence-corrected chi connectivity index (χ3v) is 3.21. The van der Waals surface area contributed by atoms with Gasteiger partial charge in [0.15, 0.2) is 6.61 Å². The number of likely N-dealkylation sites (N-methyl/N-ethyl adjacent to an activating group) is 1. The molecule has 0 aliphatic rings. The first-order valence-electron chi connectivity index (χ1n) is 6.79. The van der Waals surface area contributed by atoms with Gasteiger partial charge in [0.2, 0.25) is 0 Å². The molecule has 0 aliphatic carbocycles. The summed E-state index contributed by atoms with van der Waals surface area (Å²) >= 11 is 0. The van der Waals surface area contributed by atoms with Crippen molar-refractivity contribution in [1.82, 2.24) is 0 Å². The van der Waals surface area contributed by atoms with E-state index in [2.05, 4.69) is 6.07 Å². The van der Waals surface area contributed by atoms with Crippen LogP contribution in [0.2, 0.25) is 0 Å². The predicted molar refractivity (Wildman–Crippen MR) is 85.7 cm³/mol. The van der Waals surface area contributed by atoms with E-state index in [1.54, 1.807) is 24.1 Å². The van der Waals surface area contributed by atoms with Crippen LogP contribution in [0, 0.1) is 13.8 Å². The van der Waals surface area contributed by atoms with E-state index in [1.807, 2.05) is 38.1 Å². The summed E-state index contributed by atoms with van der Waals surface area (Å²) in [7, 11) is 1.72. The van der Waals surface area contributed by atoms with Crippen LogP contribution >= 0.6 is 0 Å². The maximum absolute atomic E-state index is 12.1. The van der Waals surface area contributed by atoms with Crippen LogP contribution in [0.5, 0.6) is 5.75 Å². The van der Waals surface area contributed by atoms with Crippen molar-refractivity contribution < 1.29 is 9.53 Å². The average molecular weight is 284 g/mol. The first-order valence-corrected chi connectivity index (χ1v) is 6.79. The van der Waals surface area contributed by atoms with E-state index in [1.165, 1.54) is 0 Å². The number of carbonyl (C=O) groups excluding carboxylic acids is 1. The Balaban J connectivity index is 1.99. The molecule has 0 heterocycles. The lowest BCUT2D eigenvalue weighted by atomic mass is 10.1. The molecule has 0 bridgehead atoms. The molecule has 0 atom stereocenters. The number of ether oxygens (including phenoxy) is 1. The van der Waals surface area contributed by atoms with E-state index in [-0.39, 0.29) is 12.5 Å². The zero-order valence-electron chi connectivity index (χ0n) is 12.6. The lowest BCUT2D eigenvalue weighted by Gasteiger charge is -2.18. The van der Waals surface area contributed by atoms with Gasteiger partial charge in [0, 0.05) is 18.4 Å². The Hall–Kier alpha value is -2.49. The van der Waals surface area contributed by atoms with Gasteiger partial charge < -0.3 is 15.4 Å². The van der Waals surface area contributed by atoms with Gasteiger partial charge in [-0.25, -0.2) is 0 Å². The number of amides is 1. The Bertz CT molecular complexity index is 615. The lowest BCUT2D eigenvalue weighted by molar-refractivity contribution is -0.120. The smallest absolute Gasteiger partial charge is 0.264 e. The summed E-state index contributed by atoms with van der Waals surface area (Å²) < 4.78 is 5.58. The second-order valence-corrected chi connectivity index (χ2v) is 5.16. The van der Waals surface area contributed by atoms with Gasteiger partial charge in [-0.2, -0.15) is 0 Å². The standard InChI is InChI=1S/C17H20N2O2/c1-12-8-13(2)10-16(9-12)21-11-17(20)19(3)15-6-4-14(18)5-7-15/h4-10H,11,18H2,1-3H3. The number of aryl methyl sites for hydroxylation is 2. The van der Waals surface area contributed by atoms with Crippen molar-refractivity contribution in [2.45, 2.75) is 13.8 Å². The van der Waals surface area contributed by atoms with Crippen molar-refractivity contribution in [3.63, 3.8) is 0 Å². The number of carbonyl (C=O) groups is 1. The number of hydrogen-bond donors (Lipinski definition) is 1. The van der Waals surface area contributed by atoms with Crippen molar-refractivity contribution in [3.8, 4) is 5.75 Å². The van der Waals surface area contributed by atoms with Gasteiger partial charge in [0.05, 0.1) is 0 Å². The molecule has 2 aromatic carbocycles. The highest BCUT2D eigenvalue weighted by molar-refractivity contribution is 5.94. The van der Waals surface area contributed by atoms with Crippen LogP contribution in [-0.2, 0) is 4.79 Å². The molecular formula is C17H20N2O2. The SMILES string of the molecule is Cc1cc(C)cc(OCC(=O)N(C)c2ccc(N)cc2)c1. The van der Waals surface area contributed by atoms with E-state index in [9.17, 15) is 4.79 Å². The molecule has 2 rings (SSSR count). The molecule has 0 fully saturated rings. The Morgan fingerprint density at radius 1 is 1.10 bits per heavy atom. The Labute approximate surface area is 125 Å². The first-order chi connectivity index (χ1) is 9.95. The largest absolute Gasteiger partial charge is 0.484 e. The van der Waals surface area contributed by atoms with E-state index in [0.29, 0.717) is 11.4 Å². The van der Waals surface area contributed by atoms with Crippen LogP contribution in [0.25, 0.3) is 0 Å². The molecule has 0 radical (unpaired) electrons. The van der Waals surface area contributed by atoms with Gasteiger partial charge in [-0.1, -0.05) is 6.07 Å². The van der Waals surface area contributed by atoms with E-state index < -0.39 is 0 Å². The number of hydrogen-bond acceptors (Lipinski definition) is 3. The third-order valence-electron chi connectivity index (χ3n) is 3.21. The maximum atomic E-state index is 12.1. The molecule has 0 saturated carbocycles. The number of benzene rings is 2. The molecule has 0 spiro atoms. The number of nitrogens with two attached hydrogens (primary N) is 1. The number of anilines is 2. The molecule has 1 amide bonds. The van der Waals surface area contributed by atoms with Gasteiger partial charge in [-0.05, 0) is 61.4 Å². The van der Waals surface area contributed by atoms with E-state index in [0.717, 1.165) is 16.8 Å². The fourth-order valence-corrected chi connectivity index (χ4v) is 2.10. The van der Waals surface area contributed by atoms with Gasteiger partial charge >= 0.3 is 0 Å². The minimum Gasteiger partial charge on any atom is -0.484 e. The lowest BCUT2D eigenvalue weighted by Crippen LogP contribution is -2.31. The molecule has 0 saturated heterocycles. The normalized spacial score (nSPS) is 10.2. The maximum Gasteiger partial charge on any atom is 0.264 e. The summed E-state index contributed by atoms with van der Waals surface area (Å²) in [6, 6.07) is 13.1. The Morgan fingerprint density at radius 2 is 1.67 bits per heavy atom. The zero-order chi connectivity index (χ0) is 15.4. The summed E-state index contributed by atoms with van der Waals surface area (Å²) in [4.78, 5) is 13.7. The van der Waals surface area contributed by atoms with Crippen molar-refractivity contribution in [1.29, 1.82) is 0 Å². The summed E-state index contributed by atoms with van der Waals surface area (Å²) in [6.45, 7) is 4.01. The third kappa shape index (κ3) is 3.99. The molecular weight excluding hydrogens is 264 g/mol. The minimum atomic E-state index is -0.112. The first kappa shape index (κ1) is 14.9. The number of nitrogen functional groups attached to an aromatic ring is 1. The summed E-state index contributed by atoms with van der Waals surface area (Å²) in [5.74, 6) is 0.602. The molecule has 4 nitrogen and oxygen atoms in total. The van der Waals surface area contributed by atoms with Crippen LogP contribution in [0.3, 0.4) is 0 Å². The molecule has 4 heteroatoms. The topological polar surface area (TPSA) is 55.6 Å². The van der Waals surface area contributed by atoms with Crippen molar-refractivity contribution >= 4 is 17.3 Å². The predicted octanol–water partition coefficient (Wildman–Crippen LogP) is 2.93. The molecule has 2 aromatic rings. The molecule has 0 aliphatic heterocycles. The van der Waals surface area contributed by atoms with Crippen LogP contribution in [0.1, 0.15) is 11.1 Å². The molecule has 110 valence electrons. The summed E-state index contributed by atoms with van der Waals surface area (Å²) in [5.41, 5.74) is 9.33. The van der Waals surface area contributed by atoms with Crippen molar-refractivity contribution in [3.05, 3.63) is 53.6 Å². The fourth-order valence-electron chi connectivity index (χ4n) is 2.10. The highest BCUT2D eigenvalue weighted by atomic mass is 16.5. The highest BCUT2D eigenvalue weighted by Crippen LogP contribution is 2.18. The van der Waals surface area contributed by atoms with Crippen LogP contribution in [0.15, 0.2) is 42.5 Å². The van der Waals surface area contributed by atoms with Crippen molar-refractivity contribution in [2.75, 3.05) is 24.3 Å².